The van der Waals surface area contributed by atoms with Gasteiger partial charge in [0, 0.05) is 12.5 Å². The normalized spacial score (nSPS) is 11.4. The lowest BCUT2D eigenvalue weighted by Gasteiger charge is -2.09. The number of esters is 1. The molecule has 0 N–H and O–H groups in total. The Hall–Kier alpha value is -3.07. The maximum absolute atomic E-state index is 12.8. The molecule has 0 saturated carbocycles. The van der Waals surface area contributed by atoms with Crippen LogP contribution in [0.15, 0.2) is 34.2 Å². The first-order valence-corrected chi connectivity index (χ1v) is 9.85. The van der Waals surface area contributed by atoms with E-state index in [9.17, 15) is 4.79 Å². The van der Waals surface area contributed by atoms with E-state index >= 15 is 0 Å². The highest BCUT2D eigenvalue weighted by atomic mass is 32.1. The monoisotopic (exact) mass is 397 g/mol. The lowest BCUT2D eigenvalue weighted by molar-refractivity contribution is 0.0439. The average Bonchev–Trinajstić information content (AvgIpc) is 3.45. The van der Waals surface area contributed by atoms with Gasteiger partial charge in [-0.05, 0) is 31.4 Å². The molecule has 0 aromatic carbocycles. The van der Waals surface area contributed by atoms with E-state index in [4.69, 9.17) is 14.1 Å². The van der Waals surface area contributed by atoms with Gasteiger partial charge in [0.1, 0.15) is 0 Å². The Morgan fingerprint density at radius 2 is 2.14 bits per heavy atom. The van der Waals surface area contributed by atoms with Crippen LogP contribution in [0.1, 0.15) is 49.0 Å². The summed E-state index contributed by atoms with van der Waals surface area (Å²) >= 11 is 1.56. The standard InChI is InChI=1S/C19H19N5O3S/c1-4-16-22-23-17(27-16)10-26-19(25)12-8-14(15-6-5-7-28-15)21-18-13(12)9-20-24(18)11(2)3/h5-9,11H,4,10H2,1-3H3. The van der Waals surface area contributed by atoms with Gasteiger partial charge in [-0.25, -0.2) is 14.5 Å². The minimum atomic E-state index is -0.482. The second kappa shape index (κ2) is 7.51. The molecule has 9 heteroatoms. The molecule has 0 saturated heterocycles. The Kier molecular flexibility index (Phi) is 4.91. The number of aromatic nitrogens is 5. The first-order valence-electron chi connectivity index (χ1n) is 8.97. The number of thiophene rings is 1. The van der Waals surface area contributed by atoms with Crippen LogP contribution in [-0.4, -0.2) is 30.9 Å². The minimum Gasteiger partial charge on any atom is -0.452 e. The smallest absolute Gasteiger partial charge is 0.339 e. The first kappa shape index (κ1) is 18.3. The Balaban J connectivity index is 1.71. The number of aryl methyl sites for hydroxylation is 1. The fraction of sp³-hybridized carbons (Fsp3) is 0.316. The molecule has 4 aromatic rings. The number of carbonyl (C=O) groups excluding carboxylic acids is 1. The molecule has 0 bridgehead atoms. The summed E-state index contributed by atoms with van der Waals surface area (Å²) in [5.41, 5.74) is 1.78. The van der Waals surface area contributed by atoms with Gasteiger partial charge in [-0.15, -0.1) is 21.5 Å². The van der Waals surface area contributed by atoms with Crippen molar-refractivity contribution >= 4 is 28.3 Å². The Morgan fingerprint density at radius 3 is 2.82 bits per heavy atom. The molecule has 0 unspecified atom stereocenters. The molecule has 8 nitrogen and oxygen atoms in total. The van der Waals surface area contributed by atoms with Crippen molar-refractivity contribution in [3.05, 3.63) is 47.1 Å². The van der Waals surface area contributed by atoms with Gasteiger partial charge < -0.3 is 9.15 Å². The molecule has 28 heavy (non-hydrogen) atoms. The van der Waals surface area contributed by atoms with Crippen molar-refractivity contribution in [1.82, 2.24) is 25.0 Å². The van der Waals surface area contributed by atoms with Gasteiger partial charge in [0.15, 0.2) is 12.3 Å². The van der Waals surface area contributed by atoms with Crippen LogP contribution >= 0.6 is 11.3 Å². The second-order valence-electron chi connectivity index (χ2n) is 6.47. The third-order valence-corrected chi connectivity index (χ3v) is 5.08. The number of rotatable bonds is 6. The van der Waals surface area contributed by atoms with Crippen LogP contribution in [0.5, 0.6) is 0 Å². The van der Waals surface area contributed by atoms with Crippen LogP contribution in [0, 0.1) is 0 Å². The van der Waals surface area contributed by atoms with Crippen LogP contribution < -0.4 is 0 Å². The second-order valence-corrected chi connectivity index (χ2v) is 7.42. The number of hydrogen-bond acceptors (Lipinski definition) is 8. The predicted molar refractivity (Wildman–Crippen MR) is 104 cm³/mol. The molecule has 4 aromatic heterocycles. The van der Waals surface area contributed by atoms with Gasteiger partial charge in [0.05, 0.1) is 27.7 Å². The van der Waals surface area contributed by atoms with E-state index in [1.165, 1.54) is 0 Å². The summed E-state index contributed by atoms with van der Waals surface area (Å²) in [6, 6.07) is 5.77. The van der Waals surface area contributed by atoms with Crippen molar-refractivity contribution in [1.29, 1.82) is 0 Å². The molecule has 0 radical (unpaired) electrons. The van der Waals surface area contributed by atoms with Gasteiger partial charge in [-0.1, -0.05) is 13.0 Å². The molecule has 0 amide bonds. The van der Waals surface area contributed by atoms with Crippen molar-refractivity contribution in [2.24, 2.45) is 0 Å². The number of pyridine rings is 1. The zero-order chi connectivity index (χ0) is 19.7. The van der Waals surface area contributed by atoms with E-state index < -0.39 is 5.97 Å². The number of carbonyl (C=O) groups is 1. The highest BCUT2D eigenvalue weighted by Gasteiger charge is 2.20. The number of ether oxygens (including phenoxy) is 1. The van der Waals surface area contributed by atoms with E-state index in [0.29, 0.717) is 34.6 Å². The lowest BCUT2D eigenvalue weighted by Crippen LogP contribution is -2.08. The van der Waals surface area contributed by atoms with E-state index in [-0.39, 0.29) is 18.5 Å². The summed E-state index contributed by atoms with van der Waals surface area (Å²) < 4.78 is 12.6. The number of nitrogens with zero attached hydrogens (tertiary/aromatic N) is 5. The van der Waals surface area contributed by atoms with Gasteiger partial charge >= 0.3 is 5.97 Å². The molecule has 0 aliphatic carbocycles. The maximum atomic E-state index is 12.8. The summed E-state index contributed by atoms with van der Waals surface area (Å²) in [6.45, 7) is 5.87. The van der Waals surface area contributed by atoms with Crippen molar-refractivity contribution in [3.8, 4) is 10.6 Å². The molecule has 0 fully saturated rings. The van der Waals surface area contributed by atoms with Crippen LogP contribution in [0.2, 0.25) is 0 Å². The summed E-state index contributed by atoms with van der Waals surface area (Å²) in [5, 5.41) is 14.8. The summed E-state index contributed by atoms with van der Waals surface area (Å²) in [6.07, 6.45) is 2.28. The van der Waals surface area contributed by atoms with Crippen LogP contribution in [0.25, 0.3) is 21.6 Å². The molecule has 0 aliphatic heterocycles. The first-order chi connectivity index (χ1) is 13.6. The van der Waals surface area contributed by atoms with E-state index in [0.717, 1.165) is 4.88 Å². The Bertz CT molecular complexity index is 1110. The van der Waals surface area contributed by atoms with Gasteiger partial charge in [-0.2, -0.15) is 5.10 Å². The summed E-state index contributed by atoms with van der Waals surface area (Å²) in [5.74, 6) is 0.298. The van der Waals surface area contributed by atoms with Gasteiger partial charge in [-0.3, -0.25) is 0 Å². The zero-order valence-corrected chi connectivity index (χ0v) is 16.6. The fourth-order valence-corrected chi connectivity index (χ4v) is 3.50. The quantitative estimate of drug-likeness (QED) is 0.453. The molecule has 4 heterocycles. The summed E-state index contributed by atoms with van der Waals surface area (Å²) in [7, 11) is 0. The average molecular weight is 397 g/mol. The van der Waals surface area contributed by atoms with Crippen molar-refractivity contribution in [3.63, 3.8) is 0 Å². The highest BCUT2D eigenvalue weighted by Crippen LogP contribution is 2.29. The SMILES string of the molecule is CCc1nnc(COC(=O)c2cc(-c3cccs3)nc3c2cnn3C(C)C)o1. The van der Waals surface area contributed by atoms with E-state index in [2.05, 4.69) is 15.3 Å². The molecule has 0 aliphatic rings. The van der Waals surface area contributed by atoms with Gasteiger partial charge in [0.25, 0.3) is 5.89 Å². The fourth-order valence-electron chi connectivity index (χ4n) is 2.81. The van der Waals surface area contributed by atoms with Crippen LogP contribution in [0.3, 0.4) is 0 Å². The zero-order valence-electron chi connectivity index (χ0n) is 15.7. The molecular formula is C19H19N5O3S. The molecule has 0 atom stereocenters. The molecule has 4 rings (SSSR count). The third-order valence-electron chi connectivity index (χ3n) is 4.19. The Morgan fingerprint density at radius 1 is 1.32 bits per heavy atom. The number of fused-ring (bicyclic) bond motifs is 1. The van der Waals surface area contributed by atoms with Crippen molar-refractivity contribution in [2.75, 3.05) is 0 Å². The topological polar surface area (TPSA) is 95.9 Å². The Labute approximate surface area is 165 Å². The lowest BCUT2D eigenvalue weighted by atomic mass is 10.1. The summed E-state index contributed by atoms with van der Waals surface area (Å²) in [4.78, 5) is 18.5. The predicted octanol–water partition coefficient (Wildman–Crippen LogP) is 4.04. The van der Waals surface area contributed by atoms with Crippen molar-refractivity contribution < 1.29 is 13.9 Å². The van der Waals surface area contributed by atoms with Crippen LogP contribution in [0.4, 0.5) is 0 Å². The third kappa shape index (κ3) is 3.40. The highest BCUT2D eigenvalue weighted by molar-refractivity contribution is 7.13. The van der Waals surface area contributed by atoms with E-state index in [1.807, 2.05) is 38.3 Å². The molecular weight excluding hydrogens is 378 g/mol. The van der Waals surface area contributed by atoms with Crippen LogP contribution in [-0.2, 0) is 17.8 Å². The minimum absolute atomic E-state index is 0.0810. The van der Waals surface area contributed by atoms with Crippen molar-refractivity contribution in [2.45, 2.75) is 39.8 Å². The molecule has 0 spiro atoms. The maximum Gasteiger partial charge on any atom is 0.339 e. The van der Waals surface area contributed by atoms with Gasteiger partial charge in [0.2, 0.25) is 5.89 Å². The molecule has 144 valence electrons. The number of hydrogen-bond donors (Lipinski definition) is 0. The van der Waals surface area contributed by atoms with E-state index in [1.54, 1.807) is 28.3 Å². The largest absolute Gasteiger partial charge is 0.452 e.